The fourth-order valence-corrected chi connectivity index (χ4v) is 20.9. The molecule has 0 saturated carbocycles. The lowest BCUT2D eigenvalue weighted by molar-refractivity contribution is 1.64. The first-order valence-corrected chi connectivity index (χ1v) is 20.7. The van der Waals surface area contributed by atoms with Gasteiger partial charge in [-0.15, -0.1) is 4.94 Å². The predicted molar refractivity (Wildman–Crippen MR) is 210 cm³/mol. The van der Waals surface area contributed by atoms with Crippen molar-refractivity contribution in [3.8, 4) is 0 Å². The molecule has 3 heteroatoms. The zero-order chi connectivity index (χ0) is 31.5. The third kappa shape index (κ3) is 4.90. The first-order valence-electron chi connectivity index (χ1n) is 16.1. The van der Waals surface area contributed by atoms with Crippen LogP contribution in [0.5, 0.6) is 0 Å². The van der Waals surface area contributed by atoms with Crippen LogP contribution in [0.25, 0.3) is 0 Å². The molecule has 47 heavy (non-hydrogen) atoms. The van der Waals surface area contributed by atoms with Gasteiger partial charge >= 0.3 is 0 Å². The van der Waals surface area contributed by atoms with Gasteiger partial charge in [0, 0.05) is 19.2 Å². The molecule has 8 rings (SSSR count). The fraction of sp³-hybridized carbons (Fsp3) is 0. The van der Waals surface area contributed by atoms with Crippen molar-refractivity contribution >= 4 is 59.2 Å². The molecule has 0 atom stereocenters. The van der Waals surface area contributed by atoms with Gasteiger partial charge in [0.2, 0.25) is 0 Å². The van der Waals surface area contributed by atoms with E-state index in [9.17, 15) is 0 Å². The molecule has 7 aromatic carbocycles. The molecule has 0 saturated heterocycles. The van der Waals surface area contributed by atoms with Crippen LogP contribution in [0.1, 0.15) is 11.1 Å². The third-order valence-corrected chi connectivity index (χ3v) is 21.2. The first kappa shape index (κ1) is 29.7. The summed E-state index contributed by atoms with van der Waals surface area (Å²) < 4.78 is 0. The maximum absolute atomic E-state index is 2.41. The molecular formula is C44H34P2Si. The topological polar surface area (TPSA) is 0 Å². The minimum absolute atomic E-state index is 0.517. The molecule has 0 fully saturated rings. The van der Waals surface area contributed by atoms with Crippen LogP contribution in [0.2, 0.25) is 0 Å². The lowest BCUT2D eigenvalue weighted by Crippen LogP contribution is -2.37. The van der Waals surface area contributed by atoms with Gasteiger partial charge in [0.1, 0.15) is 28.1 Å². The Morgan fingerprint density at radius 2 is 0.787 bits per heavy atom. The Balaban J connectivity index is 1.64. The van der Waals surface area contributed by atoms with Crippen LogP contribution >= 0.6 is 14.1 Å². The molecule has 0 aromatic heterocycles. The van der Waals surface area contributed by atoms with E-state index in [0.29, 0.717) is 8.74 Å². The van der Waals surface area contributed by atoms with Crippen molar-refractivity contribution in [3.05, 3.63) is 222 Å². The Kier molecular flexibility index (Phi) is 8.14. The van der Waals surface area contributed by atoms with Gasteiger partial charge < -0.3 is 0 Å². The molecule has 0 N–H and O–H groups in total. The summed E-state index contributed by atoms with van der Waals surface area (Å²) in [6.45, 7) is -2.29. The quantitative estimate of drug-likeness (QED) is 0.0931. The molecular weight excluding hydrogens is 619 g/mol. The molecule has 1 aliphatic rings. The van der Waals surface area contributed by atoms with E-state index in [1.54, 1.807) is 9.82 Å². The second kappa shape index (κ2) is 12.9. The van der Waals surface area contributed by atoms with Crippen LogP contribution in [-0.4, -0.2) is 18.6 Å². The van der Waals surface area contributed by atoms with Gasteiger partial charge in [-0.3, -0.25) is 0 Å². The van der Waals surface area contributed by atoms with E-state index in [4.69, 9.17) is 0 Å². The zero-order valence-electron chi connectivity index (χ0n) is 26.0. The van der Waals surface area contributed by atoms with Crippen molar-refractivity contribution in [2.75, 3.05) is 0 Å². The number of benzene rings is 7. The van der Waals surface area contributed by atoms with E-state index in [0.717, 1.165) is 0 Å². The fourth-order valence-electron chi connectivity index (χ4n) is 7.25. The van der Waals surface area contributed by atoms with E-state index in [1.165, 1.54) is 42.6 Å². The molecule has 0 nitrogen and oxygen atoms in total. The second-order valence-electron chi connectivity index (χ2n) is 11.7. The van der Waals surface area contributed by atoms with E-state index < -0.39 is 14.1 Å². The molecule has 0 radical (unpaired) electrons. The molecule has 0 aliphatic carbocycles. The highest BCUT2D eigenvalue weighted by Crippen LogP contribution is 2.61. The Morgan fingerprint density at radius 3 is 1.23 bits per heavy atom. The standard InChI is InChI=1S/C44H34P2Si/c1-7-21-35(22-8-1)45(36-23-9-2-10-24-36,37-25-11-3-12-26-37)43-41-33-19-20-34-42(41)44(47-43)46(38-27-13-4-14-28-38,39-29-15-5-16-30-39)40-31-17-6-18-32-40/h1-34H. The number of fused-ring (bicyclic) bond motifs is 1. The highest BCUT2D eigenvalue weighted by molar-refractivity contribution is 8.11. The smallest absolute Gasteiger partial charge is 0.146 e. The van der Waals surface area contributed by atoms with Crippen molar-refractivity contribution in [1.29, 1.82) is 0 Å². The van der Waals surface area contributed by atoms with Gasteiger partial charge in [0.05, 0.1) is 0 Å². The van der Waals surface area contributed by atoms with Crippen LogP contribution in [0.15, 0.2) is 206 Å². The maximum atomic E-state index is 2.41. The summed E-state index contributed by atoms with van der Waals surface area (Å²) in [4.78, 5) is 4.54. The van der Waals surface area contributed by atoms with Crippen LogP contribution in [0.3, 0.4) is 0 Å². The summed E-state index contributed by atoms with van der Waals surface area (Å²) >= 11 is 0. The predicted octanol–water partition coefficient (Wildman–Crippen LogP) is 7.97. The monoisotopic (exact) mass is 652 g/mol. The van der Waals surface area contributed by atoms with Gasteiger partial charge in [-0.25, -0.2) is 0 Å². The molecule has 7 aromatic rings. The molecule has 0 unspecified atom stereocenters. The Morgan fingerprint density at radius 1 is 0.404 bits per heavy atom. The highest BCUT2D eigenvalue weighted by Gasteiger charge is 2.52. The van der Waals surface area contributed by atoms with E-state index in [-0.39, 0.29) is 0 Å². The molecule has 0 amide bonds. The van der Waals surface area contributed by atoms with Crippen LogP contribution in [0, 0.1) is 4.94 Å². The Labute approximate surface area is 280 Å². The summed E-state index contributed by atoms with van der Waals surface area (Å²) in [7, 11) is -1.77. The van der Waals surface area contributed by atoms with Gasteiger partial charge in [0.25, 0.3) is 0 Å². The van der Waals surface area contributed by atoms with Crippen molar-refractivity contribution in [2.24, 2.45) is 0 Å². The molecule has 1 aliphatic heterocycles. The lowest BCUT2D eigenvalue weighted by atomic mass is 10.1. The van der Waals surface area contributed by atoms with Crippen LogP contribution in [0.4, 0.5) is 0 Å². The van der Waals surface area contributed by atoms with Gasteiger partial charge in [0.15, 0.2) is 0 Å². The van der Waals surface area contributed by atoms with Crippen molar-refractivity contribution in [3.63, 3.8) is 0 Å². The summed E-state index contributed by atoms with van der Waals surface area (Å²) in [5.74, 6) is 0. The summed E-state index contributed by atoms with van der Waals surface area (Å²) in [6.07, 6.45) is 0. The van der Waals surface area contributed by atoms with Gasteiger partial charge in [-0.05, 0) is 59.5 Å². The second-order valence-corrected chi connectivity index (χ2v) is 20.5. The largest absolute Gasteiger partial charge is 0.172 e. The first-order chi connectivity index (χ1) is 23.3. The van der Waals surface area contributed by atoms with Crippen molar-refractivity contribution in [2.45, 2.75) is 0 Å². The maximum Gasteiger partial charge on any atom is 0.146 e. The average molecular weight is 653 g/mol. The number of rotatable bonds is 7. The molecule has 1 heterocycles. The van der Waals surface area contributed by atoms with Crippen molar-refractivity contribution < 1.29 is 0 Å². The van der Waals surface area contributed by atoms with Crippen LogP contribution in [-0.2, 0) is 0 Å². The zero-order valence-corrected chi connectivity index (χ0v) is 28.8. The summed E-state index contributed by atoms with van der Waals surface area (Å²) in [5, 5.41) is 7.01. The molecule has 224 valence electrons. The number of hydrogen-bond acceptors (Lipinski definition) is 0. The minimum atomic E-state index is -2.29. The van der Waals surface area contributed by atoms with Gasteiger partial charge in [-0.2, -0.15) is 30.3 Å². The minimum Gasteiger partial charge on any atom is -0.172 e. The third-order valence-electron chi connectivity index (χ3n) is 9.21. The Bertz CT molecular complexity index is 2160. The van der Waals surface area contributed by atoms with E-state index in [1.807, 2.05) is 0 Å². The van der Waals surface area contributed by atoms with Crippen LogP contribution < -0.4 is 26.5 Å². The Hall–Kier alpha value is -4.64. The van der Waals surface area contributed by atoms with E-state index >= 15 is 0 Å². The number of hydrogen-bond donors (Lipinski definition) is 0. The lowest BCUT2D eigenvalue weighted by Gasteiger charge is -2.32. The molecule has 0 spiro atoms. The summed E-state index contributed by atoms with van der Waals surface area (Å²) in [6, 6.07) is 77.4. The summed E-state index contributed by atoms with van der Waals surface area (Å²) in [5.41, 5.74) is 2.80. The molecule has 0 bridgehead atoms. The van der Waals surface area contributed by atoms with E-state index in [2.05, 4.69) is 206 Å². The van der Waals surface area contributed by atoms with Gasteiger partial charge in [-0.1, -0.05) is 140 Å². The average Bonchev–Trinajstić information content (AvgIpc) is 3.55. The normalized spacial score (nSPS) is 12.6. The highest BCUT2D eigenvalue weighted by atomic mass is 31.2. The SMILES string of the molecule is c1ccc(P(C2=[Si]=C([P+](c3ccccc3)(c3ccccc3)c3ccccc3)c3ccccc32)(c2ccccc2)=c2cc[cH-]cc2)cc1. The van der Waals surface area contributed by atoms with Crippen molar-refractivity contribution in [1.82, 2.24) is 0 Å².